The number of fused-ring (bicyclic) bond motifs is 1. The van der Waals surface area contributed by atoms with E-state index >= 15 is 0 Å². The van der Waals surface area contributed by atoms with Gasteiger partial charge >= 0.3 is 0 Å². The first-order chi connectivity index (χ1) is 9.13. The minimum Gasteiger partial charge on any atom is -0.250 e. The van der Waals surface area contributed by atoms with Crippen molar-refractivity contribution >= 4 is 45.7 Å². The van der Waals surface area contributed by atoms with E-state index in [0.29, 0.717) is 16.7 Å². The zero-order chi connectivity index (χ0) is 13.4. The molecular weight excluding hydrogens is 302 g/mol. The number of hydrogen-bond donors (Lipinski definition) is 0. The molecule has 0 unspecified atom stereocenters. The molecule has 0 saturated heterocycles. The molecule has 0 amide bonds. The smallest absolute Gasteiger partial charge is 0.162 e. The minimum atomic E-state index is 0.448. The third-order valence-electron chi connectivity index (χ3n) is 2.51. The second-order valence-corrected chi connectivity index (χ2v) is 6.42. The highest BCUT2D eigenvalue weighted by Crippen LogP contribution is 2.26. The zero-order valence-corrected chi connectivity index (χ0v) is 12.7. The largest absolute Gasteiger partial charge is 0.250 e. The Morgan fingerprint density at radius 1 is 1.37 bits per heavy atom. The van der Waals surface area contributed by atoms with Crippen LogP contribution in [0.2, 0.25) is 5.15 Å². The van der Waals surface area contributed by atoms with Crippen molar-refractivity contribution in [3.63, 3.8) is 0 Å². The molecule has 98 valence electrons. The Kier molecular flexibility index (Phi) is 3.42. The van der Waals surface area contributed by atoms with Crippen molar-refractivity contribution in [3.8, 4) is 0 Å². The number of halogens is 1. The highest BCUT2D eigenvalue weighted by atomic mass is 35.5. The van der Waals surface area contributed by atoms with E-state index in [1.54, 1.807) is 34.0 Å². The number of thioether (sulfide) groups is 1. The van der Waals surface area contributed by atoms with Gasteiger partial charge in [-0.2, -0.15) is 5.10 Å². The summed E-state index contributed by atoms with van der Waals surface area (Å²) in [5, 5.41) is 7.39. The Morgan fingerprint density at radius 2 is 2.21 bits per heavy atom. The van der Waals surface area contributed by atoms with Gasteiger partial charge in [0.15, 0.2) is 9.99 Å². The topological polar surface area (TPSA) is 56.5 Å². The average Bonchev–Trinajstić information content (AvgIpc) is 2.95. The number of hydrogen-bond acceptors (Lipinski definition) is 6. The summed E-state index contributed by atoms with van der Waals surface area (Å²) in [4.78, 5) is 13.2. The van der Waals surface area contributed by atoms with Gasteiger partial charge in [-0.15, -0.1) is 11.3 Å². The van der Waals surface area contributed by atoms with Crippen molar-refractivity contribution in [2.45, 2.75) is 17.0 Å². The molecule has 3 aromatic heterocycles. The summed E-state index contributed by atoms with van der Waals surface area (Å²) in [6.45, 7) is 1.98. The molecule has 0 aliphatic rings. The summed E-state index contributed by atoms with van der Waals surface area (Å²) in [5.74, 6) is 1.34. The van der Waals surface area contributed by atoms with E-state index in [-0.39, 0.29) is 0 Å². The number of thiazole rings is 1. The van der Waals surface area contributed by atoms with Gasteiger partial charge in [-0.25, -0.2) is 15.0 Å². The highest BCUT2D eigenvalue weighted by molar-refractivity contribution is 8.00. The van der Waals surface area contributed by atoms with Crippen molar-refractivity contribution in [2.24, 2.45) is 7.05 Å². The van der Waals surface area contributed by atoms with Gasteiger partial charge < -0.3 is 0 Å². The van der Waals surface area contributed by atoms with Crippen molar-refractivity contribution in [1.29, 1.82) is 0 Å². The molecule has 0 fully saturated rings. The molecule has 3 rings (SSSR count). The molecule has 0 spiro atoms. The van der Waals surface area contributed by atoms with E-state index in [1.807, 2.05) is 19.4 Å². The van der Waals surface area contributed by atoms with Gasteiger partial charge in [-0.05, 0) is 6.92 Å². The van der Waals surface area contributed by atoms with Crippen LogP contribution >= 0.6 is 34.7 Å². The van der Waals surface area contributed by atoms with Gasteiger partial charge in [0.05, 0.1) is 17.3 Å². The lowest BCUT2D eigenvalue weighted by Crippen LogP contribution is -1.98. The molecule has 3 aromatic rings. The van der Waals surface area contributed by atoms with E-state index in [1.165, 1.54) is 0 Å². The molecule has 0 saturated carbocycles. The van der Waals surface area contributed by atoms with Crippen LogP contribution in [0.5, 0.6) is 0 Å². The molecule has 19 heavy (non-hydrogen) atoms. The monoisotopic (exact) mass is 311 g/mol. The molecule has 3 heterocycles. The zero-order valence-electron chi connectivity index (χ0n) is 10.3. The van der Waals surface area contributed by atoms with Crippen LogP contribution in [-0.4, -0.2) is 24.7 Å². The predicted octanol–water partition coefficient (Wildman–Crippen LogP) is 3.07. The summed E-state index contributed by atoms with van der Waals surface area (Å²) in [6, 6.07) is 0. The molecule has 0 N–H and O–H groups in total. The minimum absolute atomic E-state index is 0.448. The maximum Gasteiger partial charge on any atom is 0.162 e. The number of aromatic nitrogens is 5. The molecule has 0 aromatic carbocycles. The van der Waals surface area contributed by atoms with Crippen LogP contribution in [0.3, 0.4) is 0 Å². The van der Waals surface area contributed by atoms with E-state index in [0.717, 1.165) is 21.1 Å². The van der Waals surface area contributed by atoms with Crippen molar-refractivity contribution < 1.29 is 0 Å². The second kappa shape index (κ2) is 5.07. The Bertz CT molecular complexity index is 736. The average molecular weight is 312 g/mol. The molecule has 0 atom stereocenters. The Morgan fingerprint density at radius 3 is 2.95 bits per heavy atom. The molecular formula is C11H10ClN5S2. The van der Waals surface area contributed by atoms with E-state index in [4.69, 9.17) is 11.6 Å². The van der Waals surface area contributed by atoms with Crippen LogP contribution in [-0.2, 0) is 12.8 Å². The normalized spacial score (nSPS) is 11.3. The van der Waals surface area contributed by atoms with Gasteiger partial charge in [-0.3, -0.25) is 4.68 Å². The van der Waals surface area contributed by atoms with Crippen LogP contribution in [0, 0.1) is 6.92 Å². The third kappa shape index (κ3) is 2.58. The maximum absolute atomic E-state index is 6.13. The first kappa shape index (κ1) is 12.8. The van der Waals surface area contributed by atoms with Crippen LogP contribution in [0.1, 0.15) is 11.5 Å². The molecule has 0 bridgehead atoms. The lowest BCUT2D eigenvalue weighted by molar-refractivity contribution is 0.782. The van der Waals surface area contributed by atoms with Crippen molar-refractivity contribution in [3.05, 3.63) is 28.2 Å². The number of rotatable bonds is 3. The third-order valence-corrected chi connectivity index (χ3v) is 4.94. The van der Waals surface area contributed by atoms with Crippen LogP contribution < -0.4 is 0 Å². The van der Waals surface area contributed by atoms with Gasteiger partial charge in [0.25, 0.3) is 0 Å². The molecule has 0 aliphatic carbocycles. The molecule has 0 aliphatic heterocycles. The summed E-state index contributed by atoms with van der Waals surface area (Å²) >= 11 is 9.38. The molecule has 8 heteroatoms. The fraction of sp³-hybridized carbons (Fsp3) is 0.273. The quantitative estimate of drug-likeness (QED) is 0.549. The van der Waals surface area contributed by atoms with Crippen LogP contribution in [0.15, 0.2) is 15.9 Å². The van der Waals surface area contributed by atoms with Crippen LogP contribution in [0.25, 0.3) is 11.0 Å². The van der Waals surface area contributed by atoms with Crippen molar-refractivity contribution in [1.82, 2.24) is 24.7 Å². The maximum atomic E-state index is 6.13. The van der Waals surface area contributed by atoms with Crippen molar-refractivity contribution in [2.75, 3.05) is 0 Å². The predicted molar refractivity (Wildman–Crippen MR) is 77.7 cm³/mol. The number of nitrogens with zero attached hydrogens (tertiary/aromatic N) is 5. The summed E-state index contributed by atoms with van der Waals surface area (Å²) in [5.41, 5.74) is 1.79. The van der Waals surface area contributed by atoms with E-state index < -0.39 is 0 Å². The lowest BCUT2D eigenvalue weighted by Gasteiger charge is -2.01. The fourth-order valence-corrected chi connectivity index (χ4v) is 3.55. The molecule has 0 radical (unpaired) electrons. The lowest BCUT2D eigenvalue weighted by atomic mass is 10.4. The second-order valence-electron chi connectivity index (χ2n) is 3.98. The first-order valence-electron chi connectivity index (χ1n) is 5.52. The van der Waals surface area contributed by atoms with Gasteiger partial charge in [0.2, 0.25) is 0 Å². The van der Waals surface area contributed by atoms with E-state index in [2.05, 4.69) is 20.1 Å². The SMILES string of the molecule is Cc1csc(SCc2nc(Cl)c3cnn(C)c3n2)n1. The highest BCUT2D eigenvalue weighted by Gasteiger charge is 2.10. The Balaban J connectivity index is 1.86. The fourth-order valence-electron chi connectivity index (χ4n) is 1.62. The van der Waals surface area contributed by atoms with E-state index in [9.17, 15) is 0 Å². The summed E-state index contributed by atoms with van der Waals surface area (Å²) in [6.07, 6.45) is 1.68. The Hall–Kier alpha value is -1.18. The Labute approximate surface area is 123 Å². The summed E-state index contributed by atoms with van der Waals surface area (Å²) < 4.78 is 2.72. The first-order valence-corrected chi connectivity index (χ1v) is 7.77. The molecule has 5 nitrogen and oxygen atoms in total. The standard InChI is InChI=1S/C11H10ClN5S2/c1-6-4-18-11(14-6)19-5-8-15-9(12)7-3-13-17(2)10(7)16-8/h3-4H,5H2,1-2H3. The van der Waals surface area contributed by atoms with Crippen LogP contribution in [0.4, 0.5) is 0 Å². The number of aryl methyl sites for hydroxylation is 2. The van der Waals surface area contributed by atoms with Gasteiger partial charge in [0.1, 0.15) is 11.0 Å². The van der Waals surface area contributed by atoms with Gasteiger partial charge in [0, 0.05) is 18.1 Å². The van der Waals surface area contributed by atoms with Gasteiger partial charge in [-0.1, -0.05) is 23.4 Å². The summed E-state index contributed by atoms with van der Waals surface area (Å²) in [7, 11) is 1.84.